The van der Waals surface area contributed by atoms with Crippen molar-refractivity contribution in [3.05, 3.63) is 45.7 Å². The third-order valence-corrected chi connectivity index (χ3v) is 3.70. The molecular formula is C16H20N2O3. The molecule has 5 nitrogen and oxygen atoms in total. The van der Waals surface area contributed by atoms with E-state index in [4.69, 9.17) is 4.74 Å². The monoisotopic (exact) mass is 288 g/mol. The minimum atomic E-state index is -0.494. The lowest BCUT2D eigenvalue weighted by Gasteiger charge is -2.30. The van der Waals surface area contributed by atoms with E-state index < -0.39 is 12.0 Å². The molecule has 1 aliphatic heterocycles. The number of benzene rings is 1. The van der Waals surface area contributed by atoms with Crippen LogP contribution < -0.4 is 10.6 Å². The highest BCUT2D eigenvalue weighted by Crippen LogP contribution is 2.32. The number of esters is 1. The maximum absolute atomic E-state index is 12.1. The molecule has 0 spiro atoms. The summed E-state index contributed by atoms with van der Waals surface area (Å²) in [6.45, 7) is 7.69. The number of carbonyl (C=O) groups is 2. The number of nitrogens with one attached hydrogen (secondary N) is 2. The normalized spacial score (nSPS) is 18.1. The summed E-state index contributed by atoms with van der Waals surface area (Å²) in [5.41, 5.74) is 5.12. The minimum absolute atomic E-state index is 0.315. The fourth-order valence-corrected chi connectivity index (χ4v) is 2.94. The second kappa shape index (κ2) is 5.60. The van der Waals surface area contributed by atoms with Gasteiger partial charge in [-0.05, 0) is 44.4 Å². The van der Waals surface area contributed by atoms with Crippen molar-refractivity contribution in [3.63, 3.8) is 0 Å². The smallest absolute Gasteiger partial charge is 0.337 e. The molecular weight excluding hydrogens is 268 g/mol. The fraction of sp³-hybridized carbons (Fsp3) is 0.375. The van der Waals surface area contributed by atoms with E-state index in [1.807, 2.05) is 32.9 Å². The molecule has 0 unspecified atom stereocenters. The van der Waals surface area contributed by atoms with Gasteiger partial charge in [-0.3, -0.25) is 0 Å². The lowest BCUT2D eigenvalue weighted by atomic mass is 9.88. The molecule has 0 aromatic heterocycles. The molecule has 2 N–H and O–H groups in total. The van der Waals surface area contributed by atoms with Crippen LogP contribution in [0.1, 0.15) is 35.2 Å². The predicted molar refractivity (Wildman–Crippen MR) is 79.8 cm³/mol. The summed E-state index contributed by atoms with van der Waals surface area (Å²) in [6.07, 6.45) is 0. The highest BCUT2D eigenvalue weighted by molar-refractivity contribution is 5.95. The molecule has 5 heteroatoms. The van der Waals surface area contributed by atoms with Crippen LogP contribution in [0.25, 0.3) is 0 Å². The Kier molecular flexibility index (Phi) is 4.02. The number of rotatable bonds is 2. The Labute approximate surface area is 124 Å². The minimum Gasteiger partial charge on any atom is -0.466 e. The van der Waals surface area contributed by atoms with E-state index in [2.05, 4.69) is 10.6 Å². The highest BCUT2D eigenvalue weighted by atomic mass is 16.5. The first-order valence-electron chi connectivity index (χ1n) is 6.79. The molecule has 0 radical (unpaired) electrons. The maximum Gasteiger partial charge on any atom is 0.337 e. The summed E-state index contributed by atoms with van der Waals surface area (Å²) in [6, 6.07) is 3.28. The van der Waals surface area contributed by atoms with Crippen molar-refractivity contribution in [2.75, 3.05) is 7.11 Å². The van der Waals surface area contributed by atoms with E-state index >= 15 is 0 Å². The van der Waals surface area contributed by atoms with Gasteiger partial charge in [0.2, 0.25) is 0 Å². The second-order valence-corrected chi connectivity index (χ2v) is 5.37. The Morgan fingerprint density at radius 1 is 1.14 bits per heavy atom. The predicted octanol–water partition coefficient (Wildman–Crippen LogP) is 2.41. The third-order valence-electron chi connectivity index (χ3n) is 3.70. The van der Waals surface area contributed by atoms with Crippen molar-refractivity contribution in [2.45, 2.75) is 33.7 Å². The number of ether oxygens (including phenoxy) is 1. The van der Waals surface area contributed by atoms with E-state index in [1.54, 1.807) is 6.92 Å². The number of urea groups is 1. The molecule has 1 aromatic rings. The molecule has 0 fully saturated rings. The molecule has 21 heavy (non-hydrogen) atoms. The average molecular weight is 288 g/mol. The van der Waals surface area contributed by atoms with Gasteiger partial charge < -0.3 is 15.4 Å². The number of hydrogen-bond donors (Lipinski definition) is 2. The van der Waals surface area contributed by atoms with Gasteiger partial charge in [0.05, 0.1) is 18.7 Å². The van der Waals surface area contributed by atoms with Gasteiger partial charge in [0, 0.05) is 5.70 Å². The standard InChI is InChI=1S/C16H20N2O3/c1-8-6-9(2)12(10(3)7-8)14-13(15(19)21-5)11(4)17-16(20)18-14/h6-7,14H,1-5H3,(H2,17,18,20)/t14-/m0/s1. The van der Waals surface area contributed by atoms with Crippen molar-refractivity contribution < 1.29 is 14.3 Å². The quantitative estimate of drug-likeness (QED) is 0.821. The highest BCUT2D eigenvalue weighted by Gasteiger charge is 2.33. The molecule has 2 amide bonds. The van der Waals surface area contributed by atoms with Crippen molar-refractivity contribution >= 4 is 12.0 Å². The zero-order valence-electron chi connectivity index (χ0n) is 13.0. The lowest BCUT2D eigenvalue weighted by Crippen LogP contribution is -2.45. The van der Waals surface area contributed by atoms with Gasteiger partial charge in [0.15, 0.2) is 0 Å². The van der Waals surface area contributed by atoms with E-state index in [1.165, 1.54) is 7.11 Å². The Bertz CT molecular complexity index is 624. The van der Waals surface area contributed by atoms with Crippen LogP contribution in [-0.4, -0.2) is 19.1 Å². The van der Waals surface area contributed by atoms with E-state index in [0.29, 0.717) is 11.3 Å². The Hall–Kier alpha value is -2.30. The first-order chi connectivity index (χ1) is 9.85. The largest absolute Gasteiger partial charge is 0.466 e. The third kappa shape index (κ3) is 2.77. The molecule has 2 rings (SSSR count). The zero-order chi connectivity index (χ0) is 15.7. The first-order valence-corrected chi connectivity index (χ1v) is 6.79. The maximum atomic E-state index is 12.1. The van der Waals surface area contributed by atoms with E-state index in [-0.39, 0.29) is 6.03 Å². The van der Waals surface area contributed by atoms with Crippen LogP contribution in [-0.2, 0) is 9.53 Å². The van der Waals surface area contributed by atoms with Gasteiger partial charge in [-0.15, -0.1) is 0 Å². The summed E-state index contributed by atoms with van der Waals surface area (Å²) in [5, 5.41) is 5.44. The molecule has 0 saturated heterocycles. The number of amides is 2. The molecule has 1 aliphatic rings. The van der Waals surface area contributed by atoms with Gasteiger partial charge in [-0.2, -0.15) is 0 Å². The summed E-state index contributed by atoms with van der Waals surface area (Å²) < 4.78 is 4.86. The molecule has 1 heterocycles. The number of allylic oxidation sites excluding steroid dienone is 1. The van der Waals surface area contributed by atoms with E-state index in [0.717, 1.165) is 22.3 Å². The number of carbonyl (C=O) groups excluding carboxylic acids is 2. The summed E-state index contributed by atoms with van der Waals surface area (Å²) in [4.78, 5) is 23.9. The number of aryl methyl sites for hydroxylation is 3. The van der Waals surface area contributed by atoms with Crippen LogP contribution in [0.3, 0.4) is 0 Å². The second-order valence-electron chi connectivity index (χ2n) is 5.37. The Morgan fingerprint density at radius 2 is 1.71 bits per heavy atom. The van der Waals surface area contributed by atoms with Gasteiger partial charge in [-0.1, -0.05) is 17.7 Å². The SMILES string of the molecule is COC(=O)C1=C(C)NC(=O)N[C@H]1c1c(C)cc(C)cc1C. The molecule has 0 saturated carbocycles. The topological polar surface area (TPSA) is 67.4 Å². The molecule has 1 aromatic carbocycles. The number of hydrogen-bond acceptors (Lipinski definition) is 3. The molecule has 1 atom stereocenters. The summed E-state index contributed by atoms with van der Waals surface area (Å²) >= 11 is 0. The van der Waals surface area contributed by atoms with Gasteiger partial charge >= 0.3 is 12.0 Å². The fourth-order valence-electron chi connectivity index (χ4n) is 2.94. The Morgan fingerprint density at radius 3 is 2.24 bits per heavy atom. The van der Waals surface area contributed by atoms with Gasteiger partial charge in [-0.25, -0.2) is 9.59 Å². The van der Waals surface area contributed by atoms with Crippen LogP contribution in [0.2, 0.25) is 0 Å². The summed E-state index contributed by atoms with van der Waals surface area (Å²) in [5.74, 6) is -0.440. The number of methoxy groups -OCH3 is 1. The van der Waals surface area contributed by atoms with Crippen molar-refractivity contribution in [2.24, 2.45) is 0 Å². The summed E-state index contributed by atoms with van der Waals surface area (Å²) in [7, 11) is 1.34. The van der Waals surface area contributed by atoms with Crippen LogP contribution in [0, 0.1) is 20.8 Å². The molecule has 0 bridgehead atoms. The first kappa shape index (κ1) is 15.1. The van der Waals surface area contributed by atoms with Crippen LogP contribution in [0.15, 0.2) is 23.4 Å². The lowest BCUT2D eigenvalue weighted by molar-refractivity contribution is -0.136. The average Bonchev–Trinajstić information content (AvgIpc) is 2.36. The van der Waals surface area contributed by atoms with Crippen molar-refractivity contribution in [1.29, 1.82) is 0 Å². The Balaban J connectivity index is 2.62. The zero-order valence-corrected chi connectivity index (χ0v) is 13.0. The van der Waals surface area contributed by atoms with E-state index in [9.17, 15) is 9.59 Å². The molecule has 0 aliphatic carbocycles. The van der Waals surface area contributed by atoms with Crippen LogP contribution in [0.4, 0.5) is 4.79 Å². The van der Waals surface area contributed by atoms with Crippen molar-refractivity contribution in [1.82, 2.24) is 10.6 Å². The van der Waals surface area contributed by atoms with Gasteiger partial charge in [0.1, 0.15) is 0 Å². The van der Waals surface area contributed by atoms with Crippen LogP contribution in [0.5, 0.6) is 0 Å². The van der Waals surface area contributed by atoms with Gasteiger partial charge in [0.25, 0.3) is 0 Å². The molecule has 112 valence electrons. The van der Waals surface area contributed by atoms with Crippen molar-refractivity contribution in [3.8, 4) is 0 Å². The van der Waals surface area contributed by atoms with Crippen LogP contribution >= 0.6 is 0 Å².